The lowest BCUT2D eigenvalue weighted by molar-refractivity contribution is -0.147. The largest absolute Gasteiger partial charge is 0.461 e. The van der Waals surface area contributed by atoms with Crippen LogP contribution in [0.15, 0.2) is 0 Å². The summed E-state index contributed by atoms with van der Waals surface area (Å²) in [4.78, 5) is 22.9. The molecule has 2 saturated carbocycles. The molecule has 1 heterocycles. The quantitative estimate of drug-likeness (QED) is 0.694. The Morgan fingerprint density at radius 1 is 1.41 bits per heavy atom. The van der Waals surface area contributed by atoms with Gasteiger partial charge < -0.3 is 9.53 Å². The maximum absolute atomic E-state index is 11.6. The van der Waals surface area contributed by atoms with Crippen LogP contribution in [-0.2, 0) is 14.3 Å². The highest BCUT2D eigenvalue weighted by atomic mass is 16.6. The van der Waals surface area contributed by atoms with Crippen LogP contribution in [0.3, 0.4) is 0 Å². The molecule has 0 radical (unpaired) electrons. The molecule has 3 nitrogen and oxygen atoms in total. The number of carbonyl (C=O) groups excluding carboxylic acids is 2. The van der Waals surface area contributed by atoms with Gasteiger partial charge in [-0.15, -0.1) is 0 Å². The first-order valence-corrected chi connectivity index (χ1v) is 6.72. The van der Waals surface area contributed by atoms with E-state index in [1.54, 1.807) is 6.92 Å². The number of ketones is 1. The fourth-order valence-electron chi connectivity index (χ4n) is 4.15. The molecular weight excluding hydrogens is 216 g/mol. The molecule has 3 heteroatoms. The summed E-state index contributed by atoms with van der Waals surface area (Å²) in [6, 6.07) is 0. The molecule has 0 aromatic rings. The summed E-state index contributed by atoms with van der Waals surface area (Å²) in [5.74, 6) is 1.28. The average Bonchev–Trinajstić information content (AvgIpc) is 2.85. The SMILES string of the molecule is CC.CC(=O)CC1(C)C2CC3C(=O)OC1C3C2. The number of hydrogen-bond donors (Lipinski definition) is 0. The smallest absolute Gasteiger partial charge is 0.309 e. The van der Waals surface area contributed by atoms with Gasteiger partial charge in [-0.1, -0.05) is 20.8 Å². The van der Waals surface area contributed by atoms with Gasteiger partial charge in [-0.05, 0) is 25.7 Å². The fraction of sp³-hybridized carbons (Fsp3) is 0.857. The van der Waals surface area contributed by atoms with E-state index < -0.39 is 0 Å². The second-order valence-corrected chi connectivity index (χ2v) is 5.68. The summed E-state index contributed by atoms with van der Waals surface area (Å²) in [5, 5.41) is 0. The highest BCUT2D eigenvalue weighted by Gasteiger charge is 2.66. The molecule has 1 aliphatic heterocycles. The third kappa shape index (κ3) is 1.62. The van der Waals surface area contributed by atoms with Crippen LogP contribution in [0, 0.1) is 23.2 Å². The number of fused-ring (bicyclic) bond motifs is 1. The average molecular weight is 238 g/mol. The van der Waals surface area contributed by atoms with Crippen LogP contribution in [0.4, 0.5) is 0 Å². The Morgan fingerprint density at radius 2 is 2.06 bits per heavy atom. The van der Waals surface area contributed by atoms with Gasteiger partial charge in [0.15, 0.2) is 0 Å². The van der Waals surface area contributed by atoms with E-state index in [2.05, 4.69) is 6.92 Å². The Bertz CT molecular complexity index is 349. The minimum absolute atomic E-state index is 0.0141. The van der Waals surface area contributed by atoms with Crippen LogP contribution in [-0.4, -0.2) is 17.9 Å². The number of Topliss-reactive ketones (excluding diaryl/α,β-unsaturated/α-hetero) is 1. The van der Waals surface area contributed by atoms with Crippen molar-refractivity contribution in [2.24, 2.45) is 23.2 Å². The minimum atomic E-state index is -0.0703. The molecule has 96 valence electrons. The van der Waals surface area contributed by atoms with Gasteiger partial charge >= 0.3 is 5.97 Å². The van der Waals surface area contributed by atoms with E-state index in [1.807, 2.05) is 13.8 Å². The maximum atomic E-state index is 11.6. The van der Waals surface area contributed by atoms with Crippen molar-refractivity contribution in [3.63, 3.8) is 0 Å². The zero-order valence-electron chi connectivity index (χ0n) is 11.2. The fourth-order valence-corrected chi connectivity index (χ4v) is 4.15. The zero-order valence-corrected chi connectivity index (χ0v) is 11.2. The maximum Gasteiger partial charge on any atom is 0.309 e. The topological polar surface area (TPSA) is 43.4 Å². The van der Waals surface area contributed by atoms with Crippen LogP contribution >= 0.6 is 0 Å². The van der Waals surface area contributed by atoms with E-state index in [0.717, 1.165) is 12.8 Å². The lowest BCUT2D eigenvalue weighted by Crippen LogP contribution is -2.38. The number of esters is 1. The van der Waals surface area contributed by atoms with Gasteiger partial charge in [0, 0.05) is 17.8 Å². The number of rotatable bonds is 2. The van der Waals surface area contributed by atoms with Crippen molar-refractivity contribution >= 4 is 11.8 Å². The van der Waals surface area contributed by atoms with Gasteiger partial charge in [-0.25, -0.2) is 0 Å². The Labute approximate surface area is 103 Å². The van der Waals surface area contributed by atoms with E-state index in [9.17, 15) is 9.59 Å². The molecule has 0 amide bonds. The predicted octanol–water partition coefficient (Wildman–Crippen LogP) is 2.58. The summed E-state index contributed by atoms with van der Waals surface area (Å²) >= 11 is 0. The van der Waals surface area contributed by atoms with Gasteiger partial charge in [0.05, 0.1) is 5.92 Å². The van der Waals surface area contributed by atoms with Gasteiger partial charge in [0.1, 0.15) is 11.9 Å². The van der Waals surface area contributed by atoms with Crippen molar-refractivity contribution in [2.75, 3.05) is 0 Å². The molecule has 2 aliphatic carbocycles. The second kappa shape index (κ2) is 4.11. The molecule has 3 aliphatic rings. The molecule has 17 heavy (non-hydrogen) atoms. The van der Waals surface area contributed by atoms with Gasteiger partial charge in [-0.3, -0.25) is 4.79 Å². The normalized spacial score (nSPS) is 45.3. The molecule has 0 aromatic heterocycles. The van der Waals surface area contributed by atoms with Gasteiger partial charge in [-0.2, -0.15) is 0 Å². The highest BCUT2D eigenvalue weighted by molar-refractivity contribution is 5.79. The standard InChI is InChI=1S/C12H16O3.C2H6/c1-6(13)5-12(2)7-3-8-9(4-7)11(14)15-10(8)12;1-2/h7-10H,3-5H2,1-2H3;1-2H3. The van der Waals surface area contributed by atoms with Crippen molar-refractivity contribution < 1.29 is 14.3 Å². The molecule has 0 N–H and O–H groups in total. The minimum Gasteiger partial charge on any atom is -0.461 e. The van der Waals surface area contributed by atoms with Crippen molar-refractivity contribution in [1.82, 2.24) is 0 Å². The van der Waals surface area contributed by atoms with E-state index in [4.69, 9.17) is 4.74 Å². The number of carbonyl (C=O) groups is 2. The lowest BCUT2D eigenvalue weighted by atomic mass is 9.68. The molecular formula is C14H22O3. The molecule has 0 aromatic carbocycles. The first-order valence-electron chi connectivity index (χ1n) is 6.72. The Kier molecular flexibility index (Phi) is 3.04. The summed E-state index contributed by atoms with van der Waals surface area (Å²) in [6.07, 6.45) is 2.63. The Morgan fingerprint density at radius 3 is 2.65 bits per heavy atom. The molecule has 2 bridgehead atoms. The van der Waals surface area contributed by atoms with E-state index in [-0.39, 0.29) is 29.2 Å². The first kappa shape index (κ1) is 12.6. The van der Waals surface area contributed by atoms with Crippen molar-refractivity contribution in [3.8, 4) is 0 Å². The zero-order chi connectivity index (χ0) is 12.8. The molecule has 0 spiro atoms. The van der Waals surface area contributed by atoms with Crippen molar-refractivity contribution in [2.45, 2.75) is 53.1 Å². The third-order valence-corrected chi connectivity index (χ3v) is 4.76. The monoisotopic (exact) mass is 238 g/mol. The van der Waals surface area contributed by atoms with Crippen LogP contribution < -0.4 is 0 Å². The summed E-state index contributed by atoms with van der Waals surface area (Å²) in [6.45, 7) is 7.75. The predicted molar refractivity (Wildman–Crippen MR) is 64.3 cm³/mol. The number of hydrogen-bond acceptors (Lipinski definition) is 3. The van der Waals surface area contributed by atoms with Gasteiger partial charge in [0.25, 0.3) is 0 Å². The number of ether oxygens (including phenoxy) is 1. The molecule has 3 fully saturated rings. The summed E-state index contributed by atoms with van der Waals surface area (Å²) in [5.41, 5.74) is -0.0703. The van der Waals surface area contributed by atoms with E-state index in [1.165, 1.54) is 0 Å². The highest BCUT2D eigenvalue weighted by Crippen LogP contribution is 2.64. The first-order chi connectivity index (χ1) is 8.02. The van der Waals surface area contributed by atoms with E-state index in [0.29, 0.717) is 18.3 Å². The van der Waals surface area contributed by atoms with Crippen LogP contribution in [0.5, 0.6) is 0 Å². The summed E-state index contributed by atoms with van der Waals surface area (Å²) < 4.78 is 5.46. The van der Waals surface area contributed by atoms with Crippen molar-refractivity contribution in [3.05, 3.63) is 0 Å². The molecule has 1 saturated heterocycles. The third-order valence-electron chi connectivity index (χ3n) is 4.76. The lowest BCUT2D eigenvalue weighted by Gasteiger charge is -2.36. The second-order valence-electron chi connectivity index (χ2n) is 5.68. The van der Waals surface area contributed by atoms with Crippen molar-refractivity contribution in [1.29, 1.82) is 0 Å². The Hall–Kier alpha value is -0.860. The Balaban J connectivity index is 0.000000514. The van der Waals surface area contributed by atoms with Crippen LogP contribution in [0.25, 0.3) is 0 Å². The molecule has 3 rings (SSSR count). The van der Waals surface area contributed by atoms with Crippen LogP contribution in [0.2, 0.25) is 0 Å². The molecule has 5 atom stereocenters. The van der Waals surface area contributed by atoms with E-state index >= 15 is 0 Å². The van der Waals surface area contributed by atoms with Crippen LogP contribution in [0.1, 0.15) is 47.0 Å². The van der Waals surface area contributed by atoms with Gasteiger partial charge in [0.2, 0.25) is 0 Å². The summed E-state index contributed by atoms with van der Waals surface area (Å²) in [7, 11) is 0. The molecule has 5 unspecified atom stereocenters.